The van der Waals surface area contributed by atoms with Gasteiger partial charge in [0.25, 0.3) is 0 Å². The maximum absolute atomic E-state index is 12.1. The van der Waals surface area contributed by atoms with E-state index in [0.29, 0.717) is 6.04 Å². The number of hydrogen-bond donors (Lipinski definition) is 1. The van der Waals surface area contributed by atoms with E-state index in [1.807, 2.05) is 42.3 Å². The third kappa shape index (κ3) is 4.52. The number of amides is 2. The van der Waals surface area contributed by atoms with Gasteiger partial charge in [0.05, 0.1) is 7.11 Å². The van der Waals surface area contributed by atoms with Crippen LogP contribution in [-0.2, 0) is 0 Å². The van der Waals surface area contributed by atoms with Crippen LogP contribution in [0.1, 0.15) is 37.7 Å². The van der Waals surface area contributed by atoms with E-state index in [1.54, 1.807) is 13.3 Å². The molecule has 21 heavy (non-hydrogen) atoms. The smallest absolute Gasteiger partial charge is 0.321 e. The summed E-state index contributed by atoms with van der Waals surface area (Å²) in [6.07, 6.45) is 9.56. The molecule has 0 aliphatic heterocycles. The number of carbonyl (C=O) groups is 1. The van der Waals surface area contributed by atoms with Crippen LogP contribution in [0.4, 0.5) is 4.79 Å². The number of nitrogens with zero attached hydrogens (tertiary/aromatic N) is 1. The van der Waals surface area contributed by atoms with Crippen LogP contribution in [0.2, 0.25) is 0 Å². The summed E-state index contributed by atoms with van der Waals surface area (Å²) in [7, 11) is 3.53. The third-order valence-corrected chi connectivity index (χ3v) is 4.04. The normalized spacial score (nSPS) is 15.9. The first-order valence-electron chi connectivity index (χ1n) is 7.54. The number of rotatable bonds is 4. The predicted molar refractivity (Wildman–Crippen MR) is 85.2 cm³/mol. The molecule has 114 valence electrons. The average molecular weight is 288 g/mol. The van der Waals surface area contributed by atoms with Crippen molar-refractivity contribution in [3.63, 3.8) is 0 Å². The van der Waals surface area contributed by atoms with Crippen LogP contribution in [-0.4, -0.2) is 31.1 Å². The van der Waals surface area contributed by atoms with Crippen LogP contribution in [0.25, 0.3) is 6.08 Å². The highest BCUT2D eigenvalue weighted by Gasteiger charge is 2.21. The molecular formula is C17H24N2O2. The van der Waals surface area contributed by atoms with Crippen molar-refractivity contribution in [3.05, 3.63) is 36.0 Å². The number of nitrogens with one attached hydrogen (secondary N) is 1. The molecule has 4 heteroatoms. The van der Waals surface area contributed by atoms with E-state index in [0.717, 1.165) is 24.2 Å². The van der Waals surface area contributed by atoms with Crippen LogP contribution < -0.4 is 10.1 Å². The van der Waals surface area contributed by atoms with E-state index in [-0.39, 0.29) is 6.03 Å². The summed E-state index contributed by atoms with van der Waals surface area (Å²) in [5.41, 5.74) is 1.02. The standard InChI is InChI=1S/C17H24N2O2/c1-19(15-6-4-3-5-7-15)17(20)18-13-12-14-8-10-16(21-2)11-9-14/h8-13,15H,3-7H2,1-2H3,(H,18,20)/b13-12+. The first kappa shape index (κ1) is 15.4. The zero-order valence-corrected chi connectivity index (χ0v) is 12.8. The van der Waals surface area contributed by atoms with Gasteiger partial charge in [0.1, 0.15) is 5.75 Å². The molecule has 1 aromatic rings. The number of methoxy groups -OCH3 is 1. The molecule has 0 atom stereocenters. The van der Waals surface area contributed by atoms with Crippen molar-refractivity contribution in [2.24, 2.45) is 0 Å². The largest absolute Gasteiger partial charge is 0.497 e. The van der Waals surface area contributed by atoms with Crippen molar-refractivity contribution in [1.82, 2.24) is 10.2 Å². The Bertz CT molecular complexity index is 476. The fourth-order valence-electron chi connectivity index (χ4n) is 2.66. The minimum atomic E-state index is -0.0355. The van der Waals surface area contributed by atoms with Gasteiger partial charge in [-0.05, 0) is 36.6 Å². The second-order valence-electron chi connectivity index (χ2n) is 5.46. The maximum atomic E-state index is 12.1. The lowest BCUT2D eigenvalue weighted by molar-refractivity contribution is 0.177. The summed E-state index contributed by atoms with van der Waals surface area (Å²) >= 11 is 0. The van der Waals surface area contributed by atoms with Gasteiger partial charge in [0.15, 0.2) is 0 Å². The Balaban J connectivity index is 1.82. The van der Waals surface area contributed by atoms with Gasteiger partial charge in [-0.3, -0.25) is 0 Å². The quantitative estimate of drug-likeness (QED) is 0.919. The summed E-state index contributed by atoms with van der Waals surface area (Å²) < 4.78 is 5.11. The van der Waals surface area contributed by atoms with Gasteiger partial charge in [-0.1, -0.05) is 31.4 Å². The van der Waals surface area contributed by atoms with Gasteiger partial charge in [-0.25, -0.2) is 4.79 Å². The Kier molecular flexibility index (Phi) is 5.67. The third-order valence-electron chi connectivity index (χ3n) is 4.04. The summed E-state index contributed by atoms with van der Waals surface area (Å²) in [5.74, 6) is 0.827. The first-order valence-corrected chi connectivity index (χ1v) is 7.54. The van der Waals surface area contributed by atoms with Gasteiger partial charge in [0, 0.05) is 19.3 Å². The zero-order valence-electron chi connectivity index (χ0n) is 12.8. The minimum absolute atomic E-state index is 0.0355. The SMILES string of the molecule is COc1ccc(/C=C/NC(=O)N(C)C2CCCCC2)cc1. The minimum Gasteiger partial charge on any atom is -0.497 e. The van der Waals surface area contributed by atoms with E-state index < -0.39 is 0 Å². The molecule has 0 bridgehead atoms. The molecular weight excluding hydrogens is 264 g/mol. The van der Waals surface area contributed by atoms with Crippen molar-refractivity contribution in [2.45, 2.75) is 38.1 Å². The molecule has 1 aromatic carbocycles. The molecule has 2 amide bonds. The topological polar surface area (TPSA) is 41.6 Å². The Morgan fingerprint density at radius 3 is 2.52 bits per heavy atom. The van der Waals surface area contributed by atoms with Gasteiger partial charge >= 0.3 is 6.03 Å². The summed E-state index contributed by atoms with van der Waals surface area (Å²) in [6.45, 7) is 0. The molecule has 2 rings (SSSR count). The maximum Gasteiger partial charge on any atom is 0.321 e. The van der Waals surface area contributed by atoms with Crippen molar-refractivity contribution >= 4 is 12.1 Å². The van der Waals surface area contributed by atoms with E-state index in [4.69, 9.17) is 4.74 Å². The molecule has 1 N–H and O–H groups in total. The van der Waals surface area contributed by atoms with Gasteiger partial charge in [0.2, 0.25) is 0 Å². The van der Waals surface area contributed by atoms with E-state index in [9.17, 15) is 4.79 Å². The second kappa shape index (κ2) is 7.72. The van der Waals surface area contributed by atoms with Crippen LogP contribution in [0.5, 0.6) is 5.75 Å². The Morgan fingerprint density at radius 2 is 1.90 bits per heavy atom. The molecule has 4 nitrogen and oxygen atoms in total. The number of hydrogen-bond acceptors (Lipinski definition) is 2. The fraction of sp³-hybridized carbons (Fsp3) is 0.471. The number of urea groups is 1. The van der Waals surface area contributed by atoms with E-state index >= 15 is 0 Å². The number of carbonyl (C=O) groups excluding carboxylic acids is 1. The molecule has 0 spiro atoms. The molecule has 1 saturated carbocycles. The zero-order chi connectivity index (χ0) is 15.1. The predicted octanol–water partition coefficient (Wildman–Crippen LogP) is 3.64. The highest BCUT2D eigenvalue weighted by molar-refractivity contribution is 5.76. The van der Waals surface area contributed by atoms with Crippen molar-refractivity contribution in [3.8, 4) is 5.75 Å². The Morgan fingerprint density at radius 1 is 1.24 bits per heavy atom. The lowest BCUT2D eigenvalue weighted by atomic mass is 9.95. The van der Waals surface area contributed by atoms with Gasteiger partial charge in [-0.2, -0.15) is 0 Å². The van der Waals surface area contributed by atoms with Crippen LogP contribution in [0, 0.1) is 0 Å². The molecule has 0 aromatic heterocycles. The lowest BCUT2D eigenvalue weighted by Crippen LogP contribution is -2.42. The molecule has 1 aliphatic carbocycles. The molecule has 1 aliphatic rings. The first-order chi connectivity index (χ1) is 10.2. The van der Waals surface area contributed by atoms with Crippen molar-refractivity contribution in [2.75, 3.05) is 14.2 Å². The Labute approximate surface area is 126 Å². The molecule has 0 unspecified atom stereocenters. The van der Waals surface area contributed by atoms with Gasteiger partial charge in [-0.15, -0.1) is 0 Å². The molecule has 1 fully saturated rings. The summed E-state index contributed by atoms with van der Waals surface area (Å²) in [6, 6.07) is 8.05. The van der Waals surface area contributed by atoms with Crippen LogP contribution in [0.3, 0.4) is 0 Å². The summed E-state index contributed by atoms with van der Waals surface area (Å²) in [5, 5.41) is 2.83. The molecule has 0 radical (unpaired) electrons. The Hall–Kier alpha value is -1.97. The van der Waals surface area contributed by atoms with E-state index in [1.165, 1.54) is 19.3 Å². The fourth-order valence-corrected chi connectivity index (χ4v) is 2.66. The van der Waals surface area contributed by atoms with Crippen LogP contribution >= 0.6 is 0 Å². The highest BCUT2D eigenvalue weighted by Crippen LogP contribution is 2.21. The number of ether oxygens (including phenoxy) is 1. The van der Waals surface area contributed by atoms with Crippen LogP contribution in [0.15, 0.2) is 30.5 Å². The molecule has 0 heterocycles. The monoisotopic (exact) mass is 288 g/mol. The highest BCUT2D eigenvalue weighted by atomic mass is 16.5. The van der Waals surface area contributed by atoms with Crippen molar-refractivity contribution < 1.29 is 9.53 Å². The van der Waals surface area contributed by atoms with Crippen molar-refractivity contribution in [1.29, 1.82) is 0 Å². The summed E-state index contributed by atoms with van der Waals surface area (Å²) in [4.78, 5) is 13.9. The number of benzene rings is 1. The lowest BCUT2D eigenvalue weighted by Gasteiger charge is -2.30. The second-order valence-corrected chi connectivity index (χ2v) is 5.46. The molecule has 0 saturated heterocycles. The van der Waals surface area contributed by atoms with E-state index in [2.05, 4.69) is 5.32 Å². The average Bonchev–Trinajstić information content (AvgIpc) is 2.55. The van der Waals surface area contributed by atoms with Gasteiger partial charge < -0.3 is 15.0 Å².